The molecule has 1 aliphatic carbocycles. The Balaban J connectivity index is 4.12. The van der Waals surface area contributed by atoms with Crippen LogP contribution in [0.4, 0.5) is 61.5 Å². The van der Waals surface area contributed by atoms with Crippen molar-refractivity contribution in [2.45, 2.75) is 46.9 Å². The molecule has 0 aromatic heterocycles. The highest BCUT2D eigenvalue weighted by molar-refractivity contribution is 5.33. The van der Waals surface area contributed by atoms with E-state index in [9.17, 15) is 26.3 Å². The van der Waals surface area contributed by atoms with Gasteiger partial charge in [0, 0.05) is 0 Å². The molecule has 0 aromatic carbocycles. The zero-order chi connectivity index (χ0) is 30.1. The van der Waals surface area contributed by atoms with Gasteiger partial charge in [-0.15, -0.1) is 19.7 Å². The molecular weight excluding hydrogens is 566 g/mol. The molecule has 0 heterocycles. The highest BCUT2D eigenvalue weighted by Gasteiger charge is 3.03. The van der Waals surface area contributed by atoms with Gasteiger partial charge in [-0.3, -0.25) is 0 Å². The van der Waals surface area contributed by atoms with Gasteiger partial charge in [-0.2, -0.15) is 26.3 Å². The van der Waals surface area contributed by atoms with Crippen LogP contribution in [0, 0.1) is 5.92 Å². The summed E-state index contributed by atoms with van der Waals surface area (Å²) in [6, 6.07) is 0. The molecule has 0 amide bonds. The van der Waals surface area contributed by atoms with E-state index in [1.165, 1.54) is 0 Å². The van der Waals surface area contributed by atoms with E-state index in [2.05, 4.69) is 33.9 Å². The summed E-state index contributed by atoms with van der Waals surface area (Å²) in [6.07, 6.45) is 1.81. The lowest BCUT2D eigenvalue weighted by molar-refractivity contribution is -0.483. The minimum Gasteiger partial charge on any atom is -0.371 e. The van der Waals surface area contributed by atoms with Gasteiger partial charge in [0.05, 0.1) is 19.8 Å². The molecule has 0 bridgehead atoms. The molecule has 1 saturated carbocycles. The average Bonchev–Trinajstić information content (AvgIpc) is 2.76. The van der Waals surface area contributed by atoms with Crippen LogP contribution in [0.15, 0.2) is 38.0 Å². The summed E-state index contributed by atoms with van der Waals surface area (Å²) in [4.78, 5) is 0. The smallest absolute Gasteiger partial charge is 0.339 e. The van der Waals surface area contributed by atoms with E-state index >= 15 is 35.1 Å². The zero-order valence-corrected chi connectivity index (χ0v) is 19.2. The summed E-state index contributed by atoms with van der Waals surface area (Å²) in [6.45, 7) is -3.00. The molecule has 222 valence electrons. The van der Waals surface area contributed by atoms with Gasteiger partial charge >= 0.3 is 41.0 Å². The monoisotopic (exact) mass is 588 g/mol. The Morgan fingerprint density at radius 2 is 0.842 bits per heavy atom. The van der Waals surface area contributed by atoms with Crippen LogP contribution >= 0.6 is 0 Å². The van der Waals surface area contributed by atoms with E-state index < -0.39 is 92.4 Å². The van der Waals surface area contributed by atoms with Crippen molar-refractivity contribution in [1.29, 1.82) is 0 Å². The fourth-order valence-electron chi connectivity index (χ4n) is 3.86. The number of alkyl halides is 14. The molecule has 0 radical (unpaired) electrons. The van der Waals surface area contributed by atoms with Gasteiger partial charge < -0.3 is 14.2 Å². The second-order valence-electron chi connectivity index (χ2n) is 8.15. The lowest BCUT2D eigenvalue weighted by atomic mass is 9.58. The predicted molar refractivity (Wildman–Crippen MR) is 104 cm³/mol. The van der Waals surface area contributed by atoms with Gasteiger partial charge in [-0.25, -0.2) is 35.1 Å². The molecule has 0 saturated heterocycles. The van der Waals surface area contributed by atoms with Crippen molar-refractivity contribution in [2.75, 3.05) is 39.6 Å². The Bertz CT molecular complexity index is 808. The van der Waals surface area contributed by atoms with E-state index in [1.807, 2.05) is 0 Å². The normalized spacial score (nSPS) is 29.1. The van der Waals surface area contributed by atoms with E-state index in [0.717, 1.165) is 0 Å². The fourth-order valence-corrected chi connectivity index (χ4v) is 3.86. The fraction of sp³-hybridized carbons (Fsp3) is 0.714. The Morgan fingerprint density at radius 1 is 0.553 bits per heavy atom. The van der Waals surface area contributed by atoms with Crippen LogP contribution in [0.25, 0.3) is 0 Å². The molecule has 2 unspecified atom stereocenters. The minimum atomic E-state index is -7.77. The quantitative estimate of drug-likeness (QED) is 0.125. The maximum atomic E-state index is 15.5. The van der Waals surface area contributed by atoms with E-state index in [-0.39, 0.29) is 0 Å². The van der Waals surface area contributed by atoms with Gasteiger partial charge in [-0.05, 0) is 0 Å². The zero-order valence-electron chi connectivity index (χ0n) is 19.2. The summed E-state index contributed by atoms with van der Waals surface area (Å²) < 4.78 is 221. The number of hydrogen-bond donors (Lipinski definition) is 0. The summed E-state index contributed by atoms with van der Waals surface area (Å²) in [5.41, 5.74) is -14.9. The summed E-state index contributed by atoms with van der Waals surface area (Å²) in [5, 5.41) is 0. The van der Waals surface area contributed by atoms with Crippen LogP contribution in [-0.4, -0.2) is 86.5 Å². The molecule has 2 atom stereocenters. The first-order chi connectivity index (χ1) is 17.0. The van der Waals surface area contributed by atoms with Crippen LogP contribution < -0.4 is 0 Å². The van der Waals surface area contributed by atoms with E-state index in [0.29, 0.717) is 18.2 Å². The third-order valence-corrected chi connectivity index (χ3v) is 5.51. The SMILES string of the molecule is C=CCOCC(F)(F)C1C(F)(F)C(F)(C(F)(F)COCC=C)C(F)(F)C(F)(C(F)(F)COCC=C)C1(F)F. The van der Waals surface area contributed by atoms with Crippen molar-refractivity contribution in [2.24, 2.45) is 5.92 Å². The summed E-state index contributed by atoms with van der Waals surface area (Å²) >= 11 is 0. The summed E-state index contributed by atoms with van der Waals surface area (Å²) in [5.74, 6) is -47.4. The number of hydrogen-bond acceptors (Lipinski definition) is 3. The van der Waals surface area contributed by atoms with Gasteiger partial charge in [0.2, 0.25) is 0 Å². The minimum absolute atomic E-state index is 0.588. The number of rotatable bonds is 15. The van der Waals surface area contributed by atoms with Crippen molar-refractivity contribution in [3.05, 3.63) is 38.0 Å². The molecule has 3 nitrogen and oxygen atoms in total. The largest absolute Gasteiger partial charge is 0.371 e. The first-order valence-corrected chi connectivity index (χ1v) is 10.3. The average molecular weight is 588 g/mol. The third kappa shape index (κ3) is 4.82. The number of ether oxygens (including phenoxy) is 3. The van der Waals surface area contributed by atoms with Gasteiger partial charge in [0.1, 0.15) is 19.8 Å². The first-order valence-electron chi connectivity index (χ1n) is 10.3. The molecule has 38 heavy (non-hydrogen) atoms. The van der Waals surface area contributed by atoms with E-state index in [4.69, 9.17) is 0 Å². The summed E-state index contributed by atoms with van der Waals surface area (Å²) in [7, 11) is 0. The second-order valence-corrected chi connectivity index (χ2v) is 8.15. The molecule has 17 heteroatoms. The van der Waals surface area contributed by atoms with Crippen molar-refractivity contribution in [1.82, 2.24) is 0 Å². The van der Waals surface area contributed by atoms with Crippen molar-refractivity contribution >= 4 is 0 Å². The Kier molecular flexibility index (Phi) is 9.84. The van der Waals surface area contributed by atoms with Crippen molar-refractivity contribution in [3.8, 4) is 0 Å². The maximum Gasteiger partial charge on any atom is 0.339 e. The highest BCUT2D eigenvalue weighted by Crippen LogP contribution is 2.73. The molecule has 1 rings (SSSR count). The third-order valence-electron chi connectivity index (χ3n) is 5.51. The molecule has 0 spiro atoms. The lowest BCUT2D eigenvalue weighted by Crippen LogP contribution is -2.89. The molecule has 0 N–H and O–H groups in total. The Hall–Kier alpha value is -1.88. The van der Waals surface area contributed by atoms with Crippen LogP contribution in [0.2, 0.25) is 0 Å². The molecule has 1 fully saturated rings. The maximum absolute atomic E-state index is 15.5. The Morgan fingerprint density at radius 3 is 1.13 bits per heavy atom. The predicted octanol–water partition coefficient (Wildman–Crippen LogP) is 6.45. The van der Waals surface area contributed by atoms with Crippen LogP contribution in [-0.2, 0) is 14.2 Å². The van der Waals surface area contributed by atoms with Crippen molar-refractivity contribution in [3.63, 3.8) is 0 Å². The second kappa shape index (κ2) is 10.9. The van der Waals surface area contributed by atoms with Gasteiger partial charge in [0.25, 0.3) is 5.92 Å². The molecular formula is C21H22F14O3. The lowest BCUT2D eigenvalue weighted by Gasteiger charge is -2.59. The highest BCUT2D eigenvalue weighted by atomic mass is 19.3. The van der Waals surface area contributed by atoms with Gasteiger partial charge in [0.15, 0.2) is 5.92 Å². The number of halogens is 14. The standard InChI is InChI=1S/C21H22F14O3/c1-4-7-36-10-14(22,23)13-17(28,29)19(32,15(24,25)11-37-8-5-2)21(34,35)20(33,18(13,30)31)16(26,27)12-38-9-6-3/h4-6,13H,1-3,7-12H2. The first kappa shape index (κ1) is 34.1. The Labute approximate surface area is 207 Å². The molecule has 0 aromatic rings. The van der Waals surface area contributed by atoms with Crippen LogP contribution in [0.1, 0.15) is 0 Å². The van der Waals surface area contributed by atoms with Crippen molar-refractivity contribution < 1.29 is 75.7 Å². The van der Waals surface area contributed by atoms with Gasteiger partial charge in [-0.1, -0.05) is 18.2 Å². The van der Waals surface area contributed by atoms with Crippen LogP contribution in [0.5, 0.6) is 0 Å². The molecule has 1 aliphatic rings. The van der Waals surface area contributed by atoms with E-state index in [1.54, 1.807) is 0 Å². The van der Waals surface area contributed by atoms with Crippen LogP contribution in [0.3, 0.4) is 0 Å². The molecule has 0 aliphatic heterocycles. The topological polar surface area (TPSA) is 27.7 Å².